The van der Waals surface area contributed by atoms with Gasteiger partial charge in [0.1, 0.15) is 11.5 Å². The molecule has 4 aromatic carbocycles. The Morgan fingerprint density at radius 1 is 0.500 bits per heavy atom. The summed E-state index contributed by atoms with van der Waals surface area (Å²) in [4.78, 5) is 4.51. The molecule has 4 heteroatoms. The molecule has 0 saturated carbocycles. The summed E-state index contributed by atoms with van der Waals surface area (Å²) in [5, 5.41) is 0. The molecule has 0 atom stereocenters. The average Bonchev–Trinajstić information content (AvgIpc) is 2.88. The molecule has 0 bridgehead atoms. The Morgan fingerprint density at radius 2 is 0.938 bits per heavy atom. The molecule has 32 heavy (non-hydrogen) atoms. The van der Waals surface area contributed by atoms with Gasteiger partial charge in [-0.05, 0) is 59.7 Å². The Morgan fingerprint density at radius 3 is 1.38 bits per heavy atom. The van der Waals surface area contributed by atoms with Gasteiger partial charge in [-0.2, -0.15) is 0 Å². The van der Waals surface area contributed by atoms with Gasteiger partial charge in [0, 0.05) is 35.6 Å². The first kappa shape index (κ1) is 18.8. The van der Waals surface area contributed by atoms with Crippen LogP contribution in [-0.4, -0.2) is 13.5 Å². The Balaban J connectivity index is 1.28. The minimum Gasteiger partial charge on any atom is -0.473 e. The van der Waals surface area contributed by atoms with E-state index in [0.717, 1.165) is 24.6 Å². The number of ether oxygens (including phenoxy) is 2. The summed E-state index contributed by atoms with van der Waals surface area (Å²) in [6.45, 7) is 2.82. The van der Waals surface area contributed by atoms with E-state index < -0.39 is 0 Å². The smallest absolute Gasteiger partial charge is 0.161 e. The van der Waals surface area contributed by atoms with Gasteiger partial charge in [-0.15, -0.1) is 0 Å². The predicted octanol–water partition coefficient (Wildman–Crippen LogP) is 6.07. The van der Waals surface area contributed by atoms with Crippen LogP contribution >= 0.6 is 0 Å². The van der Waals surface area contributed by atoms with Crippen LogP contribution in [0.2, 0.25) is 0 Å². The van der Waals surface area contributed by atoms with E-state index in [4.69, 9.17) is 9.47 Å². The zero-order valence-electron chi connectivity index (χ0n) is 17.8. The quantitative estimate of drug-likeness (QED) is 0.402. The molecule has 4 nitrogen and oxygen atoms in total. The van der Waals surface area contributed by atoms with E-state index in [9.17, 15) is 0 Å². The van der Waals surface area contributed by atoms with Crippen LogP contribution in [0, 0.1) is 0 Å². The van der Waals surface area contributed by atoms with Gasteiger partial charge in [0.15, 0.2) is 13.5 Å². The van der Waals surface area contributed by atoms with E-state index in [2.05, 4.69) is 94.7 Å². The normalized spacial score (nSPS) is 14.8. The minimum absolute atomic E-state index is 0.571. The monoisotopic (exact) mass is 420 g/mol. The topological polar surface area (TPSA) is 24.9 Å². The van der Waals surface area contributed by atoms with Gasteiger partial charge in [0.2, 0.25) is 0 Å². The zero-order valence-corrected chi connectivity index (χ0v) is 17.8. The second-order valence-corrected chi connectivity index (χ2v) is 8.26. The SMILES string of the molecule is c1ccc(N2COc3ccc(-c4ccc5c(c4)CN(c4ccccc4)CO5)cc3C2)cc1. The van der Waals surface area contributed by atoms with Gasteiger partial charge >= 0.3 is 0 Å². The Labute approximate surface area is 188 Å². The standard InChI is InChI=1S/C28H24N2O2/c1-3-7-25(8-4-1)29-17-23-15-21(11-13-27(23)31-19-29)22-12-14-28-24(16-22)18-30(20-32-28)26-9-5-2-6-10-26/h1-16H,17-20H2. The third kappa shape index (κ3) is 3.54. The molecule has 0 saturated heterocycles. The Kier molecular flexibility index (Phi) is 4.69. The third-order valence-electron chi connectivity index (χ3n) is 6.17. The van der Waals surface area contributed by atoms with Crippen LogP contribution in [0.3, 0.4) is 0 Å². The molecule has 0 N–H and O–H groups in total. The highest BCUT2D eigenvalue weighted by molar-refractivity contribution is 5.69. The van der Waals surface area contributed by atoms with Gasteiger partial charge in [0.25, 0.3) is 0 Å². The van der Waals surface area contributed by atoms with E-state index in [0.29, 0.717) is 13.5 Å². The van der Waals surface area contributed by atoms with Crippen molar-refractivity contribution in [2.45, 2.75) is 13.1 Å². The molecule has 158 valence electrons. The van der Waals surface area contributed by atoms with Crippen LogP contribution in [0.1, 0.15) is 11.1 Å². The number of nitrogens with zero attached hydrogens (tertiary/aromatic N) is 2. The fourth-order valence-electron chi connectivity index (χ4n) is 4.45. The summed E-state index contributed by atoms with van der Waals surface area (Å²) < 4.78 is 12.1. The van der Waals surface area contributed by atoms with Crippen molar-refractivity contribution < 1.29 is 9.47 Å². The van der Waals surface area contributed by atoms with Crippen LogP contribution in [-0.2, 0) is 13.1 Å². The average molecular weight is 421 g/mol. The molecular formula is C28H24N2O2. The summed E-state index contributed by atoms with van der Waals surface area (Å²) in [7, 11) is 0. The predicted molar refractivity (Wildman–Crippen MR) is 128 cm³/mol. The molecule has 0 unspecified atom stereocenters. The molecule has 2 heterocycles. The van der Waals surface area contributed by atoms with E-state index >= 15 is 0 Å². The third-order valence-corrected chi connectivity index (χ3v) is 6.17. The van der Waals surface area contributed by atoms with Crippen molar-refractivity contribution in [2.75, 3.05) is 23.3 Å². The maximum Gasteiger partial charge on any atom is 0.161 e. The number of hydrogen-bond donors (Lipinski definition) is 0. The Bertz CT molecular complexity index is 1140. The lowest BCUT2D eigenvalue weighted by Crippen LogP contribution is -2.32. The highest BCUT2D eigenvalue weighted by Gasteiger charge is 2.20. The Hall–Kier alpha value is -3.92. The van der Waals surface area contributed by atoms with Crippen LogP contribution in [0.4, 0.5) is 11.4 Å². The van der Waals surface area contributed by atoms with Crippen molar-refractivity contribution in [3.8, 4) is 22.6 Å². The van der Waals surface area contributed by atoms with Gasteiger partial charge in [-0.25, -0.2) is 0 Å². The second-order valence-electron chi connectivity index (χ2n) is 8.26. The fourth-order valence-corrected chi connectivity index (χ4v) is 4.45. The summed E-state index contributed by atoms with van der Waals surface area (Å²) >= 11 is 0. The molecule has 0 fully saturated rings. The van der Waals surface area contributed by atoms with Crippen molar-refractivity contribution in [2.24, 2.45) is 0 Å². The second kappa shape index (κ2) is 7.97. The molecular weight excluding hydrogens is 396 g/mol. The number of benzene rings is 4. The molecule has 0 aliphatic carbocycles. The van der Waals surface area contributed by atoms with Gasteiger partial charge in [0.05, 0.1) is 0 Å². The number of fused-ring (bicyclic) bond motifs is 2. The van der Waals surface area contributed by atoms with E-state index in [1.54, 1.807) is 0 Å². The first-order chi connectivity index (χ1) is 15.8. The highest BCUT2D eigenvalue weighted by atomic mass is 16.5. The van der Waals surface area contributed by atoms with E-state index in [-0.39, 0.29) is 0 Å². The van der Waals surface area contributed by atoms with Gasteiger partial charge in [-0.3, -0.25) is 0 Å². The van der Waals surface area contributed by atoms with Crippen molar-refractivity contribution >= 4 is 11.4 Å². The van der Waals surface area contributed by atoms with Crippen LogP contribution in [0.5, 0.6) is 11.5 Å². The lowest BCUT2D eigenvalue weighted by atomic mass is 9.98. The molecule has 2 aliphatic rings. The van der Waals surface area contributed by atoms with Crippen molar-refractivity contribution in [3.63, 3.8) is 0 Å². The lowest BCUT2D eigenvalue weighted by molar-refractivity contribution is 0.289. The van der Waals surface area contributed by atoms with Crippen molar-refractivity contribution in [1.82, 2.24) is 0 Å². The fraction of sp³-hybridized carbons (Fsp3) is 0.143. The van der Waals surface area contributed by atoms with E-state index in [1.807, 2.05) is 12.1 Å². The minimum atomic E-state index is 0.571. The molecule has 0 amide bonds. The summed E-state index contributed by atoms with van der Waals surface area (Å²) in [6.07, 6.45) is 0. The molecule has 0 spiro atoms. The number of anilines is 2. The summed E-state index contributed by atoms with van der Waals surface area (Å²) in [5.74, 6) is 1.94. The molecule has 0 radical (unpaired) electrons. The molecule has 4 aromatic rings. The zero-order chi connectivity index (χ0) is 21.3. The van der Waals surface area contributed by atoms with Crippen molar-refractivity contribution in [3.05, 3.63) is 108 Å². The maximum atomic E-state index is 6.03. The van der Waals surface area contributed by atoms with Gasteiger partial charge in [-0.1, -0.05) is 48.5 Å². The largest absolute Gasteiger partial charge is 0.473 e. The number of hydrogen-bond acceptors (Lipinski definition) is 4. The van der Waals surface area contributed by atoms with Crippen LogP contribution in [0.25, 0.3) is 11.1 Å². The van der Waals surface area contributed by atoms with Crippen LogP contribution in [0.15, 0.2) is 97.1 Å². The van der Waals surface area contributed by atoms with Crippen molar-refractivity contribution in [1.29, 1.82) is 0 Å². The van der Waals surface area contributed by atoms with Gasteiger partial charge < -0.3 is 19.3 Å². The number of para-hydroxylation sites is 2. The summed E-state index contributed by atoms with van der Waals surface area (Å²) in [5.41, 5.74) is 7.16. The molecule has 0 aromatic heterocycles. The first-order valence-corrected chi connectivity index (χ1v) is 11.0. The summed E-state index contributed by atoms with van der Waals surface area (Å²) in [6, 6.07) is 33.8. The molecule has 2 aliphatic heterocycles. The number of rotatable bonds is 3. The van der Waals surface area contributed by atoms with E-state index in [1.165, 1.54) is 33.6 Å². The molecule has 6 rings (SSSR count). The lowest BCUT2D eigenvalue weighted by Gasteiger charge is -2.31. The first-order valence-electron chi connectivity index (χ1n) is 11.0. The maximum absolute atomic E-state index is 6.03. The highest BCUT2D eigenvalue weighted by Crippen LogP contribution is 2.35. The van der Waals surface area contributed by atoms with Crippen LogP contribution < -0.4 is 19.3 Å².